The van der Waals surface area contributed by atoms with Gasteiger partial charge in [0.1, 0.15) is 12.4 Å². The molecule has 5 aromatic rings. The van der Waals surface area contributed by atoms with Gasteiger partial charge in [-0.2, -0.15) is 10.1 Å². The van der Waals surface area contributed by atoms with Gasteiger partial charge in [-0.25, -0.2) is 4.39 Å². The second kappa shape index (κ2) is 18.7. The summed E-state index contributed by atoms with van der Waals surface area (Å²) in [4.78, 5) is 38.9. The van der Waals surface area contributed by atoms with Gasteiger partial charge in [-0.15, -0.1) is 12.4 Å². The zero-order valence-electron chi connectivity index (χ0n) is 29.4. The minimum atomic E-state index is -0.348. The fourth-order valence-electron chi connectivity index (χ4n) is 6.18. The van der Waals surface area contributed by atoms with E-state index in [-0.39, 0.29) is 42.2 Å². The van der Waals surface area contributed by atoms with Gasteiger partial charge in [0.15, 0.2) is 5.16 Å². The maximum atomic E-state index is 14.3. The molecule has 3 heterocycles. The predicted octanol–water partition coefficient (Wildman–Crippen LogP) is 6.96. The smallest absolute Gasteiger partial charge is 0.277 e. The fraction of sp³-hybridized carbons (Fsp3) is 0.333. The summed E-state index contributed by atoms with van der Waals surface area (Å²) < 4.78 is 15.4. The first-order valence-electron chi connectivity index (χ1n) is 17.2. The zero-order chi connectivity index (χ0) is 35.7. The van der Waals surface area contributed by atoms with Gasteiger partial charge < -0.3 is 19.3 Å². The Kier molecular flexibility index (Phi) is 14.1. The van der Waals surface area contributed by atoms with Crippen LogP contribution in [-0.4, -0.2) is 86.7 Å². The number of rotatable bonds is 14. The lowest BCUT2D eigenvalue weighted by Gasteiger charge is -2.33. The number of likely N-dealkylation sites (N-methyl/N-ethyl adjacent to an activating group) is 1. The Morgan fingerprint density at radius 1 is 0.981 bits per heavy atom. The number of carbonyl (C=O) groups excluding carboxylic acids is 1. The highest BCUT2D eigenvalue weighted by molar-refractivity contribution is 7.98. The van der Waals surface area contributed by atoms with Crippen molar-refractivity contribution < 1.29 is 9.18 Å². The Morgan fingerprint density at radius 2 is 1.63 bits per heavy atom. The second-order valence-electron chi connectivity index (χ2n) is 13.1. The minimum absolute atomic E-state index is 0. The highest BCUT2D eigenvalue weighted by Gasteiger charge is 2.22. The lowest BCUT2D eigenvalue weighted by Crippen LogP contribution is -2.45. The van der Waals surface area contributed by atoms with Gasteiger partial charge in [0, 0.05) is 73.9 Å². The number of hydrogen-bond donors (Lipinski definition) is 1. The number of carbonyl (C=O) groups is 1. The molecule has 2 aromatic heterocycles. The number of aromatic amines is 1. The molecule has 3 aromatic carbocycles. The molecule has 0 aliphatic carbocycles. The van der Waals surface area contributed by atoms with Crippen LogP contribution in [0.3, 0.4) is 0 Å². The zero-order valence-corrected chi connectivity index (χ0v) is 31.8. The molecule has 9 nitrogen and oxygen atoms in total. The van der Waals surface area contributed by atoms with E-state index in [0.29, 0.717) is 34.6 Å². The maximum Gasteiger partial charge on any atom is 0.277 e. The number of amides is 1. The monoisotopic (exact) mass is 763 g/mol. The molecule has 1 amide bonds. The molecule has 1 atom stereocenters. The summed E-state index contributed by atoms with van der Waals surface area (Å²) in [6.45, 7) is 8.02. The molecule has 1 saturated heterocycles. The van der Waals surface area contributed by atoms with Crippen molar-refractivity contribution in [2.75, 3.05) is 46.3 Å². The van der Waals surface area contributed by atoms with Crippen molar-refractivity contribution in [2.45, 2.75) is 43.3 Å². The Labute approximate surface area is 319 Å². The van der Waals surface area contributed by atoms with Crippen LogP contribution in [-0.2, 0) is 23.6 Å². The van der Waals surface area contributed by atoms with Crippen molar-refractivity contribution in [1.29, 1.82) is 0 Å². The van der Waals surface area contributed by atoms with E-state index in [1.54, 1.807) is 35.3 Å². The molecule has 13 heteroatoms. The number of H-pyrrole nitrogens is 1. The van der Waals surface area contributed by atoms with Crippen LogP contribution in [0.25, 0.3) is 11.1 Å². The number of nitrogens with one attached hydrogen (secondary N) is 1. The van der Waals surface area contributed by atoms with E-state index >= 15 is 0 Å². The van der Waals surface area contributed by atoms with Gasteiger partial charge in [-0.3, -0.25) is 14.7 Å². The lowest BCUT2D eigenvalue weighted by atomic mass is 9.98. The molecule has 6 rings (SSSR count). The number of halogens is 3. The normalized spacial score (nSPS) is 14.2. The maximum absolute atomic E-state index is 14.3. The van der Waals surface area contributed by atoms with Crippen LogP contribution in [0.4, 0.5) is 4.39 Å². The molecule has 52 heavy (non-hydrogen) atoms. The standard InChI is InChI=1S/C39H43ClFN7O2S.ClH/c1-28(33-22-42-43-23-33)36-25-48(39(44-38(36)50)51-27-30-6-14-35(41)15-7-30)26-37(49)47(17-3-16-46-20-18-45(2)19-21-46)24-29-4-8-31(9-5-29)32-10-12-34(40)13-11-32;/h4-15,22-23,25,28H,3,16-21,24,26-27H2,1-2H3,(H,42,43);1H. The molecule has 1 aliphatic heterocycles. The van der Waals surface area contributed by atoms with Crippen molar-refractivity contribution in [2.24, 2.45) is 0 Å². The van der Waals surface area contributed by atoms with Crippen LogP contribution in [0.15, 0.2) is 101 Å². The summed E-state index contributed by atoms with van der Waals surface area (Å²) in [5.74, 6) is -0.188. The molecule has 1 N–H and O–H groups in total. The Balaban J connectivity index is 0.00000523. The van der Waals surface area contributed by atoms with E-state index in [2.05, 4.69) is 56.3 Å². The first-order chi connectivity index (χ1) is 24.7. The number of aromatic nitrogens is 4. The summed E-state index contributed by atoms with van der Waals surface area (Å²) >= 11 is 7.46. The molecule has 1 aliphatic rings. The van der Waals surface area contributed by atoms with Gasteiger partial charge in [0.25, 0.3) is 5.56 Å². The van der Waals surface area contributed by atoms with E-state index in [1.807, 2.05) is 36.1 Å². The number of piperazine rings is 1. The molecule has 0 spiro atoms. The van der Waals surface area contributed by atoms with Gasteiger partial charge in [0.2, 0.25) is 5.91 Å². The third-order valence-electron chi connectivity index (χ3n) is 9.41. The van der Waals surface area contributed by atoms with E-state index in [1.165, 1.54) is 23.9 Å². The first kappa shape index (κ1) is 39.2. The summed E-state index contributed by atoms with van der Waals surface area (Å²) in [6.07, 6.45) is 6.06. The number of hydrogen-bond acceptors (Lipinski definition) is 7. The first-order valence-corrected chi connectivity index (χ1v) is 18.6. The SMILES string of the molecule is CC(c1cn[nH]c1)c1cn(CC(=O)N(CCCN2CCN(C)CC2)Cc2ccc(-c3ccc(Cl)cc3)cc2)c(SCc2ccc(F)cc2)nc1=O.Cl. The van der Waals surface area contributed by atoms with Crippen LogP contribution < -0.4 is 5.56 Å². The van der Waals surface area contributed by atoms with Gasteiger partial charge in [0.05, 0.1) is 6.20 Å². The van der Waals surface area contributed by atoms with Gasteiger partial charge in [-0.1, -0.05) is 78.8 Å². The highest BCUT2D eigenvalue weighted by Crippen LogP contribution is 2.26. The Bertz CT molecular complexity index is 1930. The summed E-state index contributed by atoms with van der Waals surface area (Å²) in [5, 5.41) is 8.00. The van der Waals surface area contributed by atoms with Gasteiger partial charge >= 0.3 is 0 Å². The van der Waals surface area contributed by atoms with Crippen LogP contribution in [0, 0.1) is 5.82 Å². The van der Waals surface area contributed by atoms with Crippen molar-refractivity contribution in [3.05, 3.63) is 135 Å². The van der Waals surface area contributed by atoms with E-state index in [0.717, 1.165) is 67.0 Å². The van der Waals surface area contributed by atoms with Crippen molar-refractivity contribution in [1.82, 2.24) is 34.4 Å². The van der Waals surface area contributed by atoms with Gasteiger partial charge in [-0.05, 0) is 72.1 Å². The molecule has 0 bridgehead atoms. The van der Waals surface area contributed by atoms with Crippen LogP contribution >= 0.6 is 35.8 Å². The molecule has 1 fully saturated rings. The quantitative estimate of drug-likeness (QED) is 0.0967. The molecule has 1 unspecified atom stereocenters. The Hall–Kier alpha value is -4.00. The van der Waals surface area contributed by atoms with Crippen molar-refractivity contribution >= 4 is 41.7 Å². The second-order valence-corrected chi connectivity index (χ2v) is 14.5. The molecule has 0 radical (unpaired) electrons. The third kappa shape index (κ3) is 10.5. The summed E-state index contributed by atoms with van der Waals surface area (Å²) in [6, 6.07) is 22.3. The minimum Gasteiger partial charge on any atom is -0.337 e. The number of nitrogens with zero attached hydrogens (tertiary/aromatic N) is 6. The average Bonchev–Trinajstić information content (AvgIpc) is 3.68. The largest absolute Gasteiger partial charge is 0.337 e. The van der Waals surface area contributed by atoms with Crippen LogP contribution in [0.2, 0.25) is 5.02 Å². The molecule has 274 valence electrons. The lowest BCUT2D eigenvalue weighted by molar-refractivity contribution is -0.132. The van der Waals surface area contributed by atoms with Crippen LogP contribution in [0.1, 0.15) is 41.5 Å². The molecule has 0 saturated carbocycles. The number of thioether (sulfide) groups is 1. The van der Waals surface area contributed by atoms with Crippen LogP contribution in [0.5, 0.6) is 0 Å². The molecular formula is C39H44Cl2FN7O2S. The average molecular weight is 765 g/mol. The van der Waals surface area contributed by atoms with Crippen molar-refractivity contribution in [3.63, 3.8) is 0 Å². The predicted molar refractivity (Wildman–Crippen MR) is 209 cm³/mol. The third-order valence-corrected chi connectivity index (χ3v) is 10.7. The Morgan fingerprint density at radius 3 is 2.29 bits per heavy atom. The van der Waals surface area contributed by atoms with E-state index in [4.69, 9.17) is 11.6 Å². The number of benzene rings is 3. The van der Waals surface area contributed by atoms with E-state index in [9.17, 15) is 14.0 Å². The molecular weight excluding hydrogens is 720 g/mol. The van der Waals surface area contributed by atoms with E-state index < -0.39 is 0 Å². The fourth-order valence-corrected chi connectivity index (χ4v) is 7.23. The van der Waals surface area contributed by atoms with Crippen molar-refractivity contribution in [3.8, 4) is 11.1 Å². The topological polar surface area (TPSA) is 90.4 Å². The summed E-state index contributed by atoms with van der Waals surface area (Å²) in [5.41, 5.74) is 5.04. The highest BCUT2D eigenvalue weighted by atomic mass is 35.5. The summed E-state index contributed by atoms with van der Waals surface area (Å²) in [7, 11) is 2.15.